The number of carbonyl (C=O) groups excluding carboxylic acids is 2. The maximum atomic E-state index is 9.21. The fraction of sp³-hybridized carbons (Fsp3) is 0.667. The fourth-order valence-electron chi connectivity index (χ4n) is 0.0304. The summed E-state index contributed by atoms with van der Waals surface area (Å²) in [6.07, 6.45) is 0. The lowest BCUT2D eigenvalue weighted by Gasteiger charge is -1.79. The van der Waals surface area contributed by atoms with Gasteiger partial charge < -0.3 is 9.84 Å². The Hall–Kier alpha value is -0.610. The Bertz CT molecular complexity index is 80.7. The Kier molecular flexibility index (Phi) is 46.4. The van der Waals surface area contributed by atoms with E-state index in [-0.39, 0.29) is 26.6 Å². The molecule has 1 N–H and O–H groups in total. The molecule has 11 heavy (non-hydrogen) atoms. The lowest BCUT2D eigenvalue weighted by Crippen LogP contribution is -1.85. The third-order valence-corrected chi connectivity index (χ3v) is 0.143. The first-order chi connectivity index (χ1) is 4.15. The molecular weight excluding hydrogens is 172 g/mol. The SMILES string of the molecule is C.C.CC(=O)Cl.O=COCO. The molecule has 0 fully saturated rings. The smallest absolute Gasteiger partial charge is 0.295 e. The molecule has 0 unspecified atom stereocenters. The van der Waals surface area contributed by atoms with Crippen molar-refractivity contribution in [3.05, 3.63) is 0 Å². The average Bonchev–Trinajstić information content (AvgIpc) is 1.66. The first-order valence-corrected chi connectivity index (χ1v) is 2.35. The number of halogens is 1. The monoisotopic (exact) mass is 186 g/mol. The van der Waals surface area contributed by atoms with Gasteiger partial charge in [-0.25, -0.2) is 0 Å². The fourth-order valence-corrected chi connectivity index (χ4v) is 0.0304. The number of hydrogen-bond donors (Lipinski definition) is 1. The molecule has 0 aliphatic heterocycles. The zero-order valence-corrected chi connectivity index (χ0v) is 5.59. The zero-order chi connectivity index (χ0) is 7.70. The second kappa shape index (κ2) is 22.8. The van der Waals surface area contributed by atoms with Crippen molar-refractivity contribution in [3.8, 4) is 0 Å². The number of aliphatic hydroxyl groups excluding tert-OH is 1. The number of rotatable bonds is 2. The Morgan fingerprint density at radius 2 is 1.91 bits per heavy atom. The van der Waals surface area contributed by atoms with Crippen LogP contribution < -0.4 is 0 Å². The number of ether oxygens (including phenoxy) is 1. The van der Waals surface area contributed by atoms with E-state index in [0.29, 0.717) is 0 Å². The van der Waals surface area contributed by atoms with Gasteiger partial charge in [-0.3, -0.25) is 9.59 Å². The normalized spacial score (nSPS) is 5.36. The molecule has 0 saturated carbocycles. The van der Waals surface area contributed by atoms with Gasteiger partial charge in [0.1, 0.15) is 0 Å². The molecule has 0 bridgehead atoms. The standard InChI is InChI=1S/C2H3ClO.C2H4O3.2CH4/c1-2(3)4;3-1-5-2-4;;/h1H3;1,4H,2H2;2*1H4. The second-order valence-electron chi connectivity index (χ2n) is 0.862. The van der Waals surface area contributed by atoms with Gasteiger partial charge in [0.15, 0.2) is 6.79 Å². The van der Waals surface area contributed by atoms with Crippen LogP contribution in [-0.2, 0) is 14.3 Å². The lowest BCUT2D eigenvalue weighted by atomic mass is 10.9. The van der Waals surface area contributed by atoms with Crippen LogP contribution in [0.3, 0.4) is 0 Å². The highest BCUT2D eigenvalue weighted by Gasteiger charge is 1.67. The molecule has 0 radical (unpaired) electrons. The van der Waals surface area contributed by atoms with Crippen LogP contribution in [0.4, 0.5) is 0 Å². The van der Waals surface area contributed by atoms with Gasteiger partial charge in [-0.2, -0.15) is 0 Å². The molecule has 0 aliphatic rings. The maximum Gasteiger partial charge on any atom is 0.295 e. The first kappa shape index (κ1) is 22.4. The summed E-state index contributed by atoms with van der Waals surface area (Å²) in [5.74, 6) is 0. The molecular formula is C6H15ClO4. The van der Waals surface area contributed by atoms with Gasteiger partial charge in [-0.1, -0.05) is 14.9 Å². The van der Waals surface area contributed by atoms with Gasteiger partial charge in [-0.05, 0) is 11.6 Å². The second-order valence-corrected chi connectivity index (χ2v) is 1.39. The summed E-state index contributed by atoms with van der Waals surface area (Å²) >= 11 is 4.64. The average molecular weight is 187 g/mol. The van der Waals surface area contributed by atoms with E-state index in [9.17, 15) is 4.79 Å². The van der Waals surface area contributed by atoms with Crippen molar-refractivity contribution in [1.29, 1.82) is 0 Å². The lowest BCUT2D eigenvalue weighted by molar-refractivity contribution is -0.136. The van der Waals surface area contributed by atoms with Crippen molar-refractivity contribution < 1.29 is 19.4 Å². The molecule has 0 atom stereocenters. The molecule has 0 heterocycles. The van der Waals surface area contributed by atoms with Gasteiger partial charge in [0.2, 0.25) is 5.24 Å². The van der Waals surface area contributed by atoms with Gasteiger partial charge >= 0.3 is 0 Å². The number of hydrogen-bond acceptors (Lipinski definition) is 4. The first-order valence-electron chi connectivity index (χ1n) is 1.97. The van der Waals surface area contributed by atoms with Crippen LogP contribution in [0.1, 0.15) is 21.8 Å². The molecule has 0 aromatic rings. The molecule has 0 aliphatic carbocycles. The molecule has 70 valence electrons. The number of carbonyl (C=O) groups is 2. The van der Waals surface area contributed by atoms with Crippen molar-refractivity contribution in [1.82, 2.24) is 0 Å². The Morgan fingerprint density at radius 3 is 1.91 bits per heavy atom. The molecule has 0 rings (SSSR count). The molecule has 0 saturated heterocycles. The van der Waals surface area contributed by atoms with Gasteiger partial charge in [0, 0.05) is 6.92 Å². The molecule has 4 nitrogen and oxygen atoms in total. The molecule has 0 aromatic carbocycles. The van der Waals surface area contributed by atoms with Crippen molar-refractivity contribution in [2.45, 2.75) is 21.8 Å². The van der Waals surface area contributed by atoms with E-state index in [4.69, 9.17) is 9.90 Å². The van der Waals surface area contributed by atoms with E-state index < -0.39 is 6.79 Å². The summed E-state index contributed by atoms with van der Waals surface area (Å²) in [4.78, 5) is 18.2. The minimum absolute atomic E-state index is 0. The van der Waals surface area contributed by atoms with Crippen LogP contribution in [0.15, 0.2) is 0 Å². The summed E-state index contributed by atoms with van der Waals surface area (Å²) in [5.41, 5.74) is 0. The van der Waals surface area contributed by atoms with E-state index in [0.717, 1.165) is 0 Å². The van der Waals surface area contributed by atoms with Crippen LogP contribution in [-0.4, -0.2) is 23.6 Å². The highest BCUT2D eigenvalue weighted by Crippen LogP contribution is 1.67. The Balaban J connectivity index is -0.0000000383. The van der Waals surface area contributed by atoms with Crippen molar-refractivity contribution in [2.24, 2.45) is 0 Å². The Labute approximate surface area is 72.1 Å². The quantitative estimate of drug-likeness (QED) is 0.399. The topological polar surface area (TPSA) is 63.6 Å². The predicted octanol–water partition coefficient (Wildman–Crippen LogP) is 1.15. The maximum absolute atomic E-state index is 9.21. The summed E-state index contributed by atoms with van der Waals surface area (Å²) in [6.45, 7) is 0.949. The Morgan fingerprint density at radius 1 is 1.64 bits per heavy atom. The van der Waals surface area contributed by atoms with E-state index in [2.05, 4.69) is 16.3 Å². The minimum atomic E-state index is -0.524. The van der Waals surface area contributed by atoms with Crippen molar-refractivity contribution in [2.75, 3.05) is 6.79 Å². The molecule has 5 heteroatoms. The minimum Gasteiger partial charge on any atom is -0.441 e. The third-order valence-electron chi connectivity index (χ3n) is 0.143. The number of aliphatic hydroxyl groups is 1. The van der Waals surface area contributed by atoms with Gasteiger partial charge in [0.05, 0.1) is 0 Å². The van der Waals surface area contributed by atoms with Crippen LogP contribution in [0.5, 0.6) is 0 Å². The largest absolute Gasteiger partial charge is 0.441 e. The van der Waals surface area contributed by atoms with Crippen LogP contribution in [0.2, 0.25) is 0 Å². The van der Waals surface area contributed by atoms with E-state index in [1.54, 1.807) is 0 Å². The van der Waals surface area contributed by atoms with E-state index in [1.165, 1.54) is 6.92 Å². The molecule has 0 amide bonds. The third kappa shape index (κ3) is 265. The van der Waals surface area contributed by atoms with E-state index >= 15 is 0 Å². The summed E-state index contributed by atoms with van der Waals surface area (Å²) in [6, 6.07) is 0. The van der Waals surface area contributed by atoms with Crippen molar-refractivity contribution >= 4 is 23.3 Å². The molecule has 0 aromatic heterocycles. The molecule has 0 spiro atoms. The van der Waals surface area contributed by atoms with Crippen LogP contribution >= 0.6 is 11.6 Å². The zero-order valence-electron chi connectivity index (χ0n) is 4.83. The summed E-state index contributed by atoms with van der Waals surface area (Å²) in [7, 11) is 0. The van der Waals surface area contributed by atoms with E-state index in [1.807, 2.05) is 0 Å². The van der Waals surface area contributed by atoms with Gasteiger partial charge in [0.25, 0.3) is 6.47 Å². The van der Waals surface area contributed by atoms with Crippen LogP contribution in [0, 0.1) is 0 Å². The van der Waals surface area contributed by atoms with Gasteiger partial charge in [-0.15, -0.1) is 0 Å². The highest BCUT2D eigenvalue weighted by atomic mass is 35.5. The predicted molar refractivity (Wildman–Crippen MR) is 44.2 cm³/mol. The van der Waals surface area contributed by atoms with Crippen molar-refractivity contribution in [3.63, 3.8) is 0 Å². The highest BCUT2D eigenvalue weighted by molar-refractivity contribution is 6.62. The summed E-state index contributed by atoms with van der Waals surface area (Å²) in [5, 5.41) is 7.25. The van der Waals surface area contributed by atoms with Crippen LogP contribution in [0.25, 0.3) is 0 Å². The summed E-state index contributed by atoms with van der Waals surface area (Å²) < 4.78 is 3.71.